The first-order valence-electron chi connectivity index (χ1n) is 11.9. The maximum absolute atomic E-state index is 6.68. The van der Waals surface area contributed by atoms with Crippen molar-refractivity contribution in [3.63, 3.8) is 0 Å². The summed E-state index contributed by atoms with van der Waals surface area (Å²) in [6.45, 7) is 11.4. The molecule has 3 aromatic carbocycles. The Morgan fingerprint density at radius 3 is 2.48 bits per heavy atom. The molecule has 2 aromatic heterocycles. The lowest BCUT2D eigenvalue weighted by Crippen LogP contribution is -2.31. The third-order valence-electron chi connectivity index (χ3n) is 7.63. The van der Waals surface area contributed by atoms with Gasteiger partial charge in [0.1, 0.15) is 18.2 Å². The van der Waals surface area contributed by atoms with Crippen molar-refractivity contribution in [1.82, 2.24) is 0 Å². The molecule has 0 spiro atoms. The van der Waals surface area contributed by atoms with Crippen molar-refractivity contribution in [2.75, 3.05) is 0 Å². The van der Waals surface area contributed by atoms with Crippen LogP contribution < -0.4 is 4.57 Å². The molecule has 5 aromatic rings. The number of pyridine rings is 1. The van der Waals surface area contributed by atoms with Crippen molar-refractivity contribution in [1.29, 1.82) is 0 Å². The zero-order valence-electron chi connectivity index (χ0n) is 20.3. The molecule has 0 atom stereocenters. The number of furan rings is 1. The molecule has 0 radical (unpaired) electrons. The normalized spacial score (nSPS) is 14.3. The SMILES string of the molecule is Cc1ccc2c(oc3ccc4c(c32)C(C)(C)c2ccccc2-4)c1-c1cc(C(C)C)cc[n+]1C. The Morgan fingerprint density at radius 2 is 1.70 bits per heavy atom. The molecule has 1 aliphatic rings. The monoisotopic (exact) mass is 432 g/mol. The largest absolute Gasteiger partial charge is 0.455 e. The lowest BCUT2D eigenvalue weighted by atomic mass is 9.80. The van der Waals surface area contributed by atoms with Gasteiger partial charge in [0, 0.05) is 28.3 Å². The average Bonchev–Trinajstić information content (AvgIpc) is 3.27. The summed E-state index contributed by atoms with van der Waals surface area (Å²) in [4.78, 5) is 0. The Morgan fingerprint density at radius 1 is 0.909 bits per heavy atom. The van der Waals surface area contributed by atoms with Crippen LogP contribution in [-0.2, 0) is 12.5 Å². The van der Waals surface area contributed by atoms with E-state index in [2.05, 4.69) is 113 Å². The third kappa shape index (κ3) is 2.70. The summed E-state index contributed by atoms with van der Waals surface area (Å²) in [7, 11) is 2.12. The number of rotatable bonds is 2. The average molecular weight is 433 g/mol. The number of benzene rings is 3. The zero-order chi connectivity index (χ0) is 23.1. The van der Waals surface area contributed by atoms with E-state index in [0.717, 1.165) is 11.2 Å². The number of fused-ring (bicyclic) bond motifs is 7. The molecule has 164 valence electrons. The van der Waals surface area contributed by atoms with E-state index in [1.807, 2.05) is 0 Å². The van der Waals surface area contributed by atoms with Gasteiger partial charge in [-0.15, -0.1) is 0 Å². The lowest BCUT2D eigenvalue weighted by molar-refractivity contribution is -0.660. The molecule has 2 heteroatoms. The van der Waals surface area contributed by atoms with E-state index in [1.165, 1.54) is 55.4 Å². The maximum atomic E-state index is 6.68. The fourth-order valence-corrected chi connectivity index (χ4v) is 5.81. The van der Waals surface area contributed by atoms with Gasteiger partial charge < -0.3 is 4.42 Å². The molecule has 33 heavy (non-hydrogen) atoms. The van der Waals surface area contributed by atoms with Crippen LogP contribution in [0.15, 0.2) is 71.3 Å². The van der Waals surface area contributed by atoms with Crippen LogP contribution in [-0.4, -0.2) is 0 Å². The Labute approximate surface area is 195 Å². The molecule has 0 unspecified atom stereocenters. The lowest BCUT2D eigenvalue weighted by Gasteiger charge is -2.22. The van der Waals surface area contributed by atoms with Crippen molar-refractivity contribution in [3.8, 4) is 22.4 Å². The molecular formula is C31H30NO+. The molecule has 6 rings (SSSR count). The fourth-order valence-electron chi connectivity index (χ4n) is 5.81. The summed E-state index contributed by atoms with van der Waals surface area (Å²) >= 11 is 0. The topological polar surface area (TPSA) is 17.0 Å². The predicted octanol–water partition coefficient (Wildman–Crippen LogP) is 7.82. The van der Waals surface area contributed by atoms with Gasteiger partial charge in [0.2, 0.25) is 5.69 Å². The van der Waals surface area contributed by atoms with E-state index in [9.17, 15) is 0 Å². The van der Waals surface area contributed by atoms with Crippen LogP contribution in [0.25, 0.3) is 44.3 Å². The van der Waals surface area contributed by atoms with Gasteiger partial charge in [-0.2, -0.15) is 0 Å². The van der Waals surface area contributed by atoms with E-state index < -0.39 is 0 Å². The summed E-state index contributed by atoms with van der Waals surface area (Å²) in [6, 6.07) is 22.3. The molecule has 0 aliphatic heterocycles. The minimum atomic E-state index is -0.0739. The van der Waals surface area contributed by atoms with E-state index >= 15 is 0 Å². The number of aryl methyl sites for hydroxylation is 2. The molecule has 0 amide bonds. The van der Waals surface area contributed by atoms with E-state index in [-0.39, 0.29) is 5.41 Å². The zero-order valence-corrected chi connectivity index (χ0v) is 20.3. The van der Waals surface area contributed by atoms with E-state index in [4.69, 9.17) is 4.42 Å². The molecule has 2 heterocycles. The van der Waals surface area contributed by atoms with Crippen molar-refractivity contribution in [2.45, 2.75) is 46.0 Å². The van der Waals surface area contributed by atoms with E-state index in [0.29, 0.717) is 5.92 Å². The highest BCUT2D eigenvalue weighted by molar-refractivity contribution is 6.14. The predicted molar refractivity (Wildman–Crippen MR) is 137 cm³/mol. The van der Waals surface area contributed by atoms with Gasteiger partial charge in [-0.1, -0.05) is 70.2 Å². The van der Waals surface area contributed by atoms with Gasteiger partial charge in [-0.3, -0.25) is 0 Å². The standard InChI is InChI=1S/C31H30NO/c1-18(2)20-15-16-32(6)25(17-20)27-19(3)11-12-23-28-26(33-30(23)27)14-13-22-21-9-7-8-10-24(21)31(4,5)29(22)28/h7-18H,1-6H3/q+1. The smallest absolute Gasteiger partial charge is 0.216 e. The van der Waals surface area contributed by atoms with Crippen molar-refractivity contribution in [3.05, 3.63) is 89.1 Å². The van der Waals surface area contributed by atoms with Crippen LogP contribution in [0, 0.1) is 6.92 Å². The summed E-state index contributed by atoms with van der Waals surface area (Å²) in [5.74, 6) is 0.475. The summed E-state index contributed by atoms with van der Waals surface area (Å²) in [6.07, 6.45) is 2.17. The summed E-state index contributed by atoms with van der Waals surface area (Å²) in [5.41, 5.74) is 12.3. The molecule has 0 fully saturated rings. The molecule has 1 aliphatic carbocycles. The first kappa shape index (κ1) is 20.2. The Bertz CT molecular complexity index is 1580. The second-order valence-electron chi connectivity index (χ2n) is 10.4. The van der Waals surface area contributed by atoms with Gasteiger partial charge in [-0.05, 0) is 52.3 Å². The minimum absolute atomic E-state index is 0.0739. The number of nitrogens with zero attached hydrogens (tertiary/aromatic N) is 1. The number of hydrogen-bond acceptors (Lipinski definition) is 1. The molecule has 0 N–H and O–H groups in total. The van der Waals surface area contributed by atoms with Gasteiger partial charge in [0.15, 0.2) is 6.20 Å². The minimum Gasteiger partial charge on any atom is -0.455 e. The highest BCUT2D eigenvalue weighted by Gasteiger charge is 2.38. The first-order chi connectivity index (χ1) is 15.8. The molecule has 0 saturated heterocycles. The van der Waals surface area contributed by atoms with Crippen molar-refractivity contribution in [2.24, 2.45) is 7.05 Å². The highest BCUT2D eigenvalue weighted by Crippen LogP contribution is 2.53. The quantitative estimate of drug-likeness (QED) is 0.260. The number of aromatic nitrogens is 1. The van der Waals surface area contributed by atoms with Crippen molar-refractivity contribution >= 4 is 21.9 Å². The van der Waals surface area contributed by atoms with Crippen LogP contribution in [0.1, 0.15) is 55.9 Å². The van der Waals surface area contributed by atoms with Gasteiger partial charge in [-0.25, -0.2) is 4.57 Å². The summed E-state index contributed by atoms with van der Waals surface area (Å²) in [5, 5.41) is 2.46. The maximum Gasteiger partial charge on any atom is 0.216 e. The first-order valence-corrected chi connectivity index (χ1v) is 11.9. The van der Waals surface area contributed by atoms with Gasteiger partial charge >= 0.3 is 0 Å². The highest BCUT2D eigenvalue weighted by atomic mass is 16.3. The Kier molecular flexibility index (Phi) is 4.17. The summed E-state index contributed by atoms with van der Waals surface area (Å²) < 4.78 is 8.89. The molecule has 0 saturated carbocycles. The van der Waals surface area contributed by atoms with Gasteiger partial charge in [0.25, 0.3) is 0 Å². The van der Waals surface area contributed by atoms with Gasteiger partial charge in [0.05, 0.1) is 5.56 Å². The Balaban J connectivity index is 1.72. The van der Waals surface area contributed by atoms with Crippen LogP contribution in [0.4, 0.5) is 0 Å². The van der Waals surface area contributed by atoms with Crippen LogP contribution in [0.2, 0.25) is 0 Å². The van der Waals surface area contributed by atoms with Crippen molar-refractivity contribution < 1.29 is 8.98 Å². The van der Waals surface area contributed by atoms with E-state index in [1.54, 1.807) is 0 Å². The second-order valence-corrected chi connectivity index (χ2v) is 10.4. The van der Waals surface area contributed by atoms with Crippen LogP contribution in [0.5, 0.6) is 0 Å². The molecule has 0 bridgehead atoms. The third-order valence-corrected chi connectivity index (χ3v) is 7.63. The fraction of sp³-hybridized carbons (Fsp3) is 0.258. The van der Waals surface area contributed by atoms with Crippen LogP contribution >= 0.6 is 0 Å². The van der Waals surface area contributed by atoms with Crippen LogP contribution in [0.3, 0.4) is 0 Å². The second kappa shape index (κ2) is 6.81. The Hall–Kier alpha value is -3.39. The molecule has 2 nitrogen and oxygen atoms in total. The molecular weight excluding hydrogens is 402 g/mol. The number of hydrogen-bond donors (Lipinski definition) is 0.